The lowest BCUT2D eigenvalue weighted by molar-refractivity contribution is -0.289. The lowest BCUT2D eigenvalue weighted by Gasteiger charge is -2.22. The highest BCUT2D eigenvalue weighted by molar-refractivity contribution is 7.94. The fraction of sp³-hybridized carbons (Fsp3) is 0.400. The highest BCUT2D eigenvalue weighted by Crippen LogP contribution is 2.44. The van der Waals surface area contributed by atoms with E-state index in [4.69, 9.17) is 9.92 Å². The van der Waals surface area contributed by atoms with E-state index in [2.05, 4.69) is 5.32 Å². The molecule has 1 heterocycles. The summed E-state index contributed by atoms with van der Waals surface area (Å²) in [6, 6.07) is 3.89. The van der Waals surface area contributed by atoms with Crippen LogP contribution in [0, 0.1) is 12.8 Å². The lowest BCUT2D eigenvalue weighted by Crippen LogP contribution is -2.33. The lowest BCUT2D eigenvalue weighted by atomic mass is 9.97. The molecule has 2 atom stereocenters. The van der Waals surface area contributed by atoms with Crippen molar-refractivity contribution in [3.8, 4) is 0 Å². The van der Waals surface area contributed by atoms with Gasteiger partial charge in [-0.15, -0.1) is 11.3 Å². The largest absolute Gasteiger partial charge is 0.458 e. The number of amides is 2. The molecule has 0 saturated heterocycles. The summed E-state index contributed by atoms with van der Waals surface area (Å²) >= 11 is 2.16. The Hall–Kier alpha value is -2.18. The molecule has 12 heteroatoms. The van der Waals surface area contributed by atoms with Crippen molar-refractivity contribution in [3.05, 3.63) is 51.2 Å². The van der Waals surface area contributed by atoms with Gasteiger partial charge in [-0.05, 0) is 48.1 Å². The fourth-order valence-electron chi connectivity index (χ4n) is 2.76. The van der Waals surface area contributed by atoms with Crippen LogP contribution in [0.1, 0.15) is 46.3 Å². The molecule has 2 aromatic rings. The Labute approximate surface area is 189 Å². The number of thiophene rings is 1. The van der Waals surface area contributed by atoms with E-state index in [1.165, 1.54) is 6.92 Å². The zero-order valence-corrected chi connectivity index (χ0v) is 18.9. The fourth-order valence-corrected chi connectivity index (χ4v) is 4.15. The Kier molecular flexibility index (Phi) is 8.29. The first-order chi connectivity index (χ1) is 14.8. The quantitative estimate of drug-likeness (QED) is 0.339. The number of halogens is 5. The van der Waals surface area contributed by atoms with Gasteiger partial charge in [0.15, 0.2) is 0 Å². The van der Waals surface area contributed by atoms with Gasteiger partial charge in [0, 0.05) is 22.6 Å². The number of aryl methyl sites for hydroxylation is 1. The van der Waals surface area contributed by atoms with Crippen molar-refractivity contribution in [2.45, 2.75) is 39.0 Å². The normalized spacial score (nSPS) is 14.1. The number of hydrogen-bond acceptors (Lipinski definition) is 5. The second-order valence-corrected chi connectivity index (χ2v) is 8.80. The molecule has 0 spiro atoms. The topological polar surface area (TPSA) is 81.4 Å². The van der Waals surface area contributed by atoms with Crippen molar-refractivity contribution in [2.75, 3.05) is 11.1 Å². The number of anilines is 1. The molecule has 0 fully saturated rings. The first-order valence-electron chi connectivity index (χ1n) is 9.33. The average molecular weight is 497 g/mol. The van der Waals surface area contributed by atoms with Gasteiger partial charge in [0.25, 0.3) is 5.91 Å². The minimum absolute atomic E-state index is 0.0257. The summed E-state index contributed by atoms with van der Waals surface area (Å²) in [5.74, 6) is -6.43. The minimum Gasteiger partial charge on any atom is -0.369 e. The van der Waals surface area contributed by atoms with Crippen LogP contribution in [-0.4, -0.2) is 23.7 Å². The molecule has 0 saturated carbocycles. The van der Waals surface area contributed by atoms with E-state index < -0.39 is 41.5 Å². The molecule has 0 aliphatic carbocycles. The standard InChI is InChI=1S/C20H21F5N2O3S2/c1-4-32-30-15(11(3)17(26)28)13-7-8-31-16(13)18(29)27-14-6-5-12(9-10(14)2)19(21,22)20(23,24)25/h5-9,11,15H,4H2,1-3H3,(H2,26,28)(H,27,29). The van der Waals surface area contributed by atoms with Crippen LogP contribution < -0.4 is 11.1 Å². The first-order valence-corrected chi connectivity index (χ1v) is 11.1. The highest BCUT2D eigenvalue weighted by Gasteiger charge is 2.58. The molecular formula is C20H21F5N2O3S2. The number of rotatable bonds is 9. The summed E-state index contributed by atoms with van der Waals surface area (Å²) in [5.41, 5.74) is 4.68. The number of benzene rings is 1. The molecule has 2 amide bonds. The van der Waals surface area contributed by atoms with Gasteiger partial charge in [-0.2, -0.15) is 22.0 Å². The summed E-state index contributed by atoms with van der Waals surface area (Å²) < 4.78 is 70.7. The Morgan fingerprint density at radius 2 is 1.88 bits per heavy atom. The Bertz CT molecular complexity index is 978. The van der Waals surface area contributed by atoms with E-state index in [9.17, 15) is 31.5 Å². The van der Waals surface area contributed by atoms with Crippen molar-refractivity contribution < 1.29 is 35.7 Å². The van der Waals surface area contributed by atoms with E-state index in [1.54, 1.807) is 18.4 Å². The monoisotopic (exact) mass is 496 g/mol. The first kappa shape index (κ1) is 26.1. The zero-order valence-electron chi connectivity index (χ0n) is 17.3. The number of nitrogens with two attached hydrogens (primary N) is 1. The number of alkyl halides is 5. The molecule has 3 N–H and O–H groups in total. The van der Waals surface area contributed by atoms with Crippen LogP contribution in [0.5, 0.6) is 0 Å². The summed E-state index contributed by atoms with van der Waals surface area (Å²) in [6.07, 6.45) is -6.54. The van der Waals surface area contributed by atoms with Gasteiger partial charge in [-0.3, -0.25) is 9.59 Å². The third-order valence-corrected chi connectivity index (χ3v) is 6.10. The molecule has 5 nitrogen and oxygen atoms in total. The Morgan fingerprint density at radius 3 is 2.41 bits per heavy atom. The third kappa shape index (κ3) is 5.59. The summed E-state index contributed by atoms with van der Waals surface area (Å²) in [6.45, 7) is 4.71. The maximum Gasteiger partial charge on any atom is 0.458 e. The van der Waals surface area contributed by atoms with Crippen molar-refractivity contribution in [1.29, 1.82) is 0 Å². The molecule has 0 bridgehead atoms. The minimum atomic E-state index is -5.74. The summed E-state index contributed by atoms with van der Waals surface area (Å²) in [7, 11) is 0. The van der Waals surface area contributed by atoms with Crippen molar-refractivity contribution >= 4 is 40.9 Å². The van der Waals surface area contributed by atoms with E-state index in [1.807, 2.05) is 6.92 Å². The Morgan fingerprint density at radius 1 is 1.22 bits per heavy atom. The summed E-state index contributed by atoms with van der Waals surface area (Å²) in [5, 5.41) is 4.13. The maximum absolute atomic E-state index is 13.6. The van der Waals surface area contributed by atoms with E-state index in [0.717, 1.165) is 29.4 Å². The molecule has 0 aliphatic heterocycles. The van der Waals surface area contributed by atoms with Gasteiger partial charge >= 0.3 is 12.1 Å². The van der Waals surface area contributed by atoms with Crippen LogP contribution >= 0.6 is 23.4 Å². The number of primary amides is 1. The second-order valence-electron chi connectivity index (χ2n) is 6.88. The molecule has 2 rings (SSSR count). The zero-order chi connectivity index (χ0) is 24.3. The SMILES string of the molecule is CCSOC(c1ccsc1C(=O)Nc1ccc(C(F)(F)C(F)(F)F)cc1C)C(C)C(N)=O. The smallest absolute Gasteiger partial charge is 0.369 e. The molecular weight excluding hydrogens is 475 g/mol. The van der Waals surface area contributed by atoms with E-state index in [-0.39, 0.29) is 16.1 Å². The van der Waals surface area contributed by atoms with Crippen molar-refractivity contribution in [2.24, 2.45) is 11.7 Å². The van der Waals surface area contributed by atoms with Gasteiger partial charge in [-0.1, -0.05) is 19.9 Å². The third-order valence-electron chi connectivity index (χ3n) is 4.59. The van der Waals surface area contributed by atoms with Crippen LogP contribution in [0.15, 0.2) is 29.6 Å². The van der Waals surface area contributed by atoms with E-state index in [0.29, 0.717) is 23.4 Å². The molecule has 1 aromatic carbocycles. The van der Waals surface area contributed by atoms with Gasteiger partial charge in [-0.25, -0.2) is 0 Å². The van der Waals surface area contributed by atoms with Crippen LogP contribution in [0.2, 0.25) is 0 Å². The van der Waals surface area contributed by atoms with Crippen LogP contribution in [0.4, 0.5) is 27.6 Å². The molecule has 0 radical (unpaired) electrons. The number of hydrogen-bond donors (Lipinski definition) is 2. The maximum atomic E-state index is 13.6. The summed E-state index contributed by atoms with van der Waals surface area (Å²) in [4.78, 5) is 24.7. The second kappa shape index (κ2) is 10.2. The van der Waals surface area contributed by atoms with E-state index >= 15 is 0 Å². The molecule has 32 heavy (non-hydrogen) atoms. The van der Waals surface area contributed by atoms with Gasteiger partial charge in [0.1, 0.15) is 6.10 Å². The van der Waals surface area contributed by atoms with Crippen molar-refractivity contribution in [1.82, 2.24) is 0 Å². The highest BCUT2D eigenvalue weighted by atomic mass is 32.2. The van der Waals surface area contributed by atoms with Crippen molar-refractivity contribution in [3.63, 3.8) is 0 Å². The van der Waals surface area contributed by atoms with Gasteiger partial charge < -0.3 is 15.2 Å². The molecule has 1 aromatic heterocycles. The Balaban J connectivity index is 2.31. The predicted octanol–water partition coefficient (Wildman–Crippen LogP) is 5.81. The van der Waals surface area contributed by atoms with Crippen LogP contribution in [-0.2, 0) is 14.9 Å². The van der Waals surface area contributed by atoms with Crippen LogP contribution in [0.3, 0.4) is 0 Å². The molecule has 0 aliphatic rings. The molecule has 176 valence electrons. The van der Waals surface area contributed by atoms with Gasteiger partial charge in [0.05, 0.1) is 10.8 Å². The molecule has 2 unspecified atom stereocenters. The number of nitrogens with one attached hydrogen (secondary N) is 1. The number of carbonyl (C=O) groups excluding carboxylic acids is 2. The number of carbonyl (C=O) groups is 2. The van der Waals surface area contributed by atoms with Gasteiger partial charge in [0.2, 0.25) is 5.91 Å². The van der Waals surface area contributed by atoms with Crippen LogP contribution in [0.25, 0.3) is 0 Å². The average Bonchev–Trinajstić information content (AvgIpc) is 3.18. The predicted molar refractivity (Wildman–Crippen MR) is 114 cm³/mol.